The van der Waals surface area contributed by atoms with Gasteiger partial charge in [-0.25, -0.2) is 12.8 Å². The fourth-order valence-corrected chi connectivity index (χ4v) is 6.29. The van der Waals surface area contributed by atoms with Crippen LogP contribution in [0.25, 0.3) is 10.8 Å². The van der Waals surface area contributed by atoms with E-state index in [0.29, 0.717) is 31.1 Å². The van der Waals surface area contributed by atoms with Crippen molar-refractivity contribution in [2.24, 2.45) is 0 Å². The normalized spacial score (nSPS) is 16.6. The van der Waals surface area contributed by atoms with E-state index >= 15 is 0 Å². The SMILES string of the molecule is O=S(=O)(c1cccc2ccccc12)N1CCN(C(c2ccccc2)c2ccc(F)cc2)CC1. The highest BCUT2D eigenvalue weighted by atomic mass is 32.2. The Morgan fingerprint density at radius 2 is 1.27 bits per heavy atom. The Labute approximate surface area is 193 Å². The average molecular weight is 461 g/mol. The summed E-state index contributed by atoms with van der Waals surface area (Å²) >= 11 is 0. The Balaban J connectivity index is 1.41. The summed E-state index contributed by atoms with van der Waals surface area (Å²) in [6, 6.07) is 29.6. The van der Waals surface area contributed by atoms with Gasteiger partial charge in [0.2, 0.25) is 10.0 Å². The first-order chi connectivity index (χ1) is 16.0. The van der Waals surface area contributed by atoms with Crippen LogP contribution in [0.1, 0.15) is 17.2 Å². The van der Waals surface area contributed by atoms with Gasteiger partial charge in [0, 0.05) is 31.6 Å². The van der Waals surface area contributed by atoms with E-state index < -0.39 is 10.0 Å². The van der Waals surface area contributed by atoms with Crippen LogP contribution in [-0.2, 0) is 10.0 Å². The molecule has 33 heavy (non-hydrogen) atoms. The van der Waals surface area contributed by atoms with E-state index in [0.717, 1.165) is 21.9 Å². The average Bonchev–Trinajstić information content (AvgIpc) is 2.86. The van der Waals surface area contributed by atoms with Crippen LogP contribution in [0.15, 0.2) is 102 Å². The molecule has 0 aliphatic carbocycles. The number of benzene rings is 4. The first-order valence-corrected chi connectivity index (χ1v) is 12.5. The molecule has 1 unspecified atom stereocenters. The Hall–Kier alpha value is -3.06. The van der Waals surface area contributed by atoms with E-state index in [1.807, 2.05) is 60.7 Å². The molecule has 5 rings (SSSR count). The number of piperazine rings is 1. The summed E-state index contributed by atoms with van der Waals surface area (Å²) in [5.74, 6) is -0.267. The third kappa shape index (κ3) is 4.29. The van der Waals surface area contributed by atoms with Gasteiger partial charge in [-0.15, -0.1) is 0 Å². The fraction of sp³-hybridized carbons (Fsp3) is 0.185. The number of nitrogens with zero attached hydrogens (tertiary/aromatic N) is 2. The lowest BCUT2D eigenvalue weighted by atomic mass is 9.96. The minimum absolute atomic E-state index is 0.0609. The van der Waals surface area contributed by atoms with E-state index in [9.17, 15) is 12.8 Å². The second-order valence-electron chi connectivity index (χ2n) is 8.28. The standard InChI is InChI=1S/C27H25FN2O2S/c28-24-15-13-23(14-16-24)27(22-8-2-1-3-9-22)29-17-19-30(20-18-29)33(31,32)26-12-6-10-21-7-4-5-11-25(21)26/h1-16,27H,17-20H2. The molecule has 4 nitrogen and oxygen atoms in total. The minimum Gasteiger partial charge on any atom is -0.290 e. The molecule has 0 bridgehead atoms. The Kier molecular flexibility index (Phi) is 5.98. The van der Waals surface area contributed by atoms with Crippen LogP contribution in [0.2, 0.25) is 0 Å². The van der Waals surface area contributed by atoms with Crippen LogP contribution < -0.4 is 0 Å². The van der Waals surface area contributed by atoms with Gasteiger partial charge in [0.05, 0.1) is 10.9 Å². The number of hydrogen-bond donors (Lipinski definition) is 0. The van der Waals surface area contributed by atoms with Crippen molar-refractivity contribution in [3.63, 3.8) is 0 Å². The van der Waals surface area contributed by atoms with Crippen LogP contribution in [0.5, 0.6) is 0 Å². The van der Waals surface area contributed by atoms with Crippen LogP contribution in [0.3, 0.4) is 0 Å². The molecule has 0 radical (unpaired) electrons. The first-order valence-electron chi connectivity index (χ1n) is 11.1. The molecule has 1 atom stereocenters. The molecular weight excluding hydrogens is 435 g/mol. The van der Waals surface area contributed by atoms with Crippen molar-refractivity contribution in [2.75, 3.05) is 26.2 Å². The van der Waals surface area contributed by atoms with Crippen molar-refractivity contribution in [2.45, 2.75) is 10.9 Å². The molecule has 168 valence electrons. The molecular formula is C27H25FN2O2S. The second-order valence-corrected chi connectivity index (χ2v) is 10.2. The smallest absolute Gasteiger partial charge is 0.243 e. The largest absolute Gasteiger partial charge is 0.290 e. The van der Waals surface area contributed by atoms with Crippen LogP contribution in [0.4, 0.5) is 4.39 Å². The van der Waals surface area contributed by atoms with Crippen LogP contribution in [0, 0.1) is 5.82 Å². The Morgan fingerprint density at radius 1 is 0.667 bits per heavy atom. The predicted octanol–water partition coefficient (Wildman–Crippen LogP) is 5.07. The number of fused-ring (bicyclic) bond motifs is 1. The van der Waals surface area contributed by atoms with Gasteiger partial charge in [0.25, 0.3) is 0 Å². The van der Waals surface area contributed by atoms with Gasteiger partial charge < -0.3 is 0 Å². The van der Waals surface area contributed by atoms with Gasteiger partial charge in [0.1, 0.15) is 5.82 Å². The third-order valence-electron chi connectivity index (χ3n) is 6.31. The van der Waals surface area contributed by atoms with E-state index in [1.165, 1.54) is 12.1 Å². The van der Waals surface area contributed by atoms with Gasteiger partial charge in [-0.2, -0.15) is 4.31 Å². The van der Waals surface area contributed by atoms with Gasteiger partial charge in [-0.3, -0.25) is 4.90 Å². The number of rotatable bonds is 5. The maximum absolute atomic E-state index is 13.6. The van der Waals surface area contributed by atoms with Gasteiger partial charge in [0.15, 0.2) is 0 Å². The molecule has 4 aromatic rings. The lowest BCUT2D eigenvalue weighted by Gasteiger charge is -2.39. The molecule has 1 aliphatic rings. The van der Waals surface area contributed by atoms with E-state index in [-0.39, 0.29) is 11.9 Å². The molecule has 0 spiro atoms. The molecule has 1 heterocycles. The zero-order chi connectivity index (χ0) is 22.8. The highest BCUT2D eigenvalue weighted by Gasteiger charge is 2.33. The summed E-state index contributed by atoms with van der Waals surface area (Å²) in [4.78, 5) is 2.63. The quantitative estimate of drug-likeness (QED) is 0.417. The Bertz CT molecular complexity index is 1340. The van der Waals surface area contributed by atoms with Crippen molar-refractivity contribution in [3.8, 4) is 0 Å². The first kappa shape index (κ1) is 21.8. The van der Waals surface area contributed by atoms with Crippen molar-refractivity contribution >= 4 is 20.8 Å². The van der Waals surface area contributed by atoms with E-state index in [4.69, 9.17) is 0 Å². The summed E-state index contributed by atoms with van der Waals surface area (Å²) in [5, 5.41) is 1.66. The maximum Gasteiger partial charge on any atom is 0.243 e. The molecule has 1 aliphatic heterocycles. The minimum atomic E-state index is -3.62. The third-order valence-corrected chi connectivity index (χ3v) is 8.26. The molecule has 1 fully saturated rings. The van der Waals surface area contributed by atoms with Gasteiger partial charge in [-0.05, 0) is 34.7 Å². The highest BCUT2D eigenvalue weighted by molar-refractivity contribution is 7.89. The highest BCUT2D eigenvalue weighted by Crippen LogP contribution is 2.32. The zero-order valence-corrected chi connectivity index (χ0v) is 19.0. The number of hydrogen-bond acceptors (Lipinski definition) is 3. The summed E-state index contributed by atoms with van der Waals surface area (Å²) in [6.07, 6.45) is 0. The van der Waals surface area contributed by atoms with Crippen molar-refractivity contribution in [1.29, 1.82) is 0 Å². The van der Waals surface area contributed by atoms with Gasteiger partial charge in [-0.1, -0.05) is 78.9 Å². The van der Waals surface area contributed by atoms with Crippen molar-refractivity contribution < 1.29 is 12.8 Å². The lowest BCUT2D eigenvalue weighted by molar-refractivity contribution is 0.156. The summed E-state index contributed by atoms with van der Waals surface area (Å²) in [5.41, 5.74) is 2.10. The van der Waals surface area contributed by atoms with E-state index in [2.05, 4.69) is 17.0 Å². The fourth-order valence-electron chi connectivity index (χ4n) is 4.66. The molecule has 1 saturated heterocycles. The molecule has 0 aromatic heterocycles. The summed E-state index contributed by atoms with van der Waals surface area (Å²) in [7, 11) is -3.62. The molecule has 0 saturated carbocycles. The predicted molar refractivity (Wildman–Crippen MR) is 129 cm³/mol. The van der Waals surface area contributed by atoms with E-state index in [1.54, 1.807) is 16.4 Å². The van der Waals surface area contributed by atoms with Crippen molar-refractivity contribution in [1.82, 2.24) is 9.21 Å². The number of halogens is 1. The Morgan fingerprint density at radius 3 is 2.00 bits per heavy atom. The topological polar surface area (TPSA) is 40.6 Å². The summed E-state index contributed by atoms with van der Waals surface area (Å²) in [6.45, 7) is 1.97. The van der Waals surface area contributed by atoms with Crippen molar-refractivity contribution in [3.05, 3.63) is 114 Å². The number of sulfonamides is 1. The zero-order valence-electron chi connectivity index (χ0n) is 18.1. The molecule has 0 N–H and O–H groups in total. The monoisotopic (exact) mass is 460 g/mol. The second kappa shape index (κ2) is 9.06. The summed E-state index contributed by atoms with van der Waals surface area (Å²) < 4.78 is 42.2. The lowest BCUT2D eigenvalue weighted by Crippen LogP contribution is -2.49. The van der Waals surface area contributed by atoms with Crippen LogP contribution >= 0.6 is 0 Å². The molecule has 6 heteroatoms. The molecule has 4 aromatic carbocycles. The maximum atomic E-state index is 13.6. The molecule has 0 amide bonds. The van der Waals surface area contributed by atoms with Crippen LogP contribution in [-0.4, -0.2) is 43.8 Å². The van der Waals surface area contributed by atoms with Gasteiger partial charge >= 0.3 is 0 Å².